The Balaban J connectivity index is 1.23. The number of fused-ring (bicyclic) bond motifs is 1. The highest BCUT2D eigenvalue weighted by molar-refractivity contribution is 8.18. The number of carbonyl (C=O) groups is 2. The fourth-order valence-corrected chi connectivity index (χ4v) is 5.09. The van der Waals surface area contributed by atoms with Crippen LogP contribution in [0.2, 0.25) is 0 Å². The van der Waals surface area contributed by atoms with E-state index in [2.05, 4.69) is 0 Å². The zero-order chi connectivity index (χ0) is 28.1. The van der Waals surface area contributed by atoms with Crippen molar-refractivity contribution in [2.75, 3.05) is 20.3 Å². The third-order valence-electron chi connectivity index (χ3n) is 6.20. The molecule has 0 bridgehead atoms. The summed E-state index contributed by atoms with van der Waals surface area (Å²) in [6, 6.07) is 24.9. The first kappa shape index (κ1) is 26.8. The Morgan fingerprint density at radius 3 is 2.52 bits per heavy atom. The largest absolute Gasteiger partial charge is 0.493 e. The Kier molecular flexibility index (Phi) is 7.97. The maximum absolute atomic E-state index is 13.0. The SMILES string of the molecule is COc1cc(/C=C2\SC(=O)N(CCOc3cccc4ccccc34)C2=O)ccc1OCc1cccc([N+](=O)[O-])c1. The van der Waals surface area contributed by atoms with Crippen molar-refractivity contribution in [2.45, 2.75) is 6.61 Å². The lowest BCUT2D eigenvalue weighted by Gasteiger charge is -2.14. The van der Waals surface area contributed by atoms with Crippen molar-refractivity contribution in [3.8, 4) is 17.2 Å². The van der Waals surface area contributed by atoms with Gasteiger partial charge >= 0.3 is 0 Å². The van der Waals surface area contributed by atoms with E-state index in [-0.39, 0.29) is 36.6 Å². The number of ether oxygens (including phenoxy) is 3. The smallest absolute Gasteiger partial charge is 0.293 e. The highest BCUT2D eigenvalue weighted by Crippen LogP contribution is 2.35. The second-order valence-corrected chi connectivity index (χ2v) is 9.78. The molecule has 40 heavy (non-hydrogen) atoms. The van der Waals surface area contributed by atoms with Crippen molar-refractivity contribution >= 4 is 45.4 Å². The minimum Gasteiger partial charge on any atom is -0.493 e. The molecule has 1 aliphatic rings. The molecule has 2 amide bonds. The van der Waals surface area contributed by atoms with E-state index in [9.17, 15) is 19.7 Å². The molecule has 1 fully saturated rings. The van der Waals surface area contributed by atoms with Gasteiger partial charge in [0.05, 0.1) is 23.5 Å². The van der Waals surface area contributed by atoms with Crippen molar-refractivity contribution in [3.63, 3.8) is 0 Å². The molecule has 0 radical (unpaired) electrons. The van der Waals surface area contributed by atoms with Crippen LogP contribution in [-0.2, 0) is 11.4 Å². The zero-order valence-electron chi connectivity index (χ0n) is 21.4. The molecule has 0 aromatic heterocycles. The van der Waals surface area contributed by atoms with Crippen LogP contribution in [0, 0.1) is 10.1 Å². The molecule has 0 saturated carbocycles. The molecule has 1 heterocycles. The molecule has 1 aliphatic heterocycles. The highest BCUT2D eigenvalue weighted by atomic mass is 32.2. The molecule has 202 valence electrons. The summed E-state index contributed by atoms with van der Waals surface area (Å²) in [5, 5.41) is 12.7. The number of hydrogen-bond acceptors (Lipinski definition) is 8. The first-order valence-corrected chi connectivity index (χ1v) is 13.1. The molecular weight excluding hydrogens is 532 g/mol. The Morgan fingerprint density at radius 1 is 0.900 bits per heavy atom. The lowest BCUT2D eigenvalue weighted by molar-refractivity contribution is -0.384. The number of nitrogens with zero attached hydrogens (tertiary/aromatic N) is 2. The predicted octanol–water partition coefficient (Wildman–Crippen LogP) is 6.45. The summed E-state index contributed by atoms with van der Waals surface area (Å²) in [6.45, 7) is 0.403. The normalized spacial score (nSPS) is 14.1. The van der Waals surface area contributed by atoms with Crippen LogP contribution >= 0.6 is 11.8 Å². The van der Waals surface area contributed by atoms with Crippen LogP contribution in [0.1, 0.15) is 11.1 Å². The van der Waals surface area contributed by atoms with Gasteiger partial charge in [0.2, 0.25) is 0 Å². The number of imide groups is 1. The van der Waals surface area contributed by atoms with Gasteiger partial charge in [0.25, 0.3) is 16.8 Å². The summed E-state index contributed by atoms with van der Waals surface area (Å²) < 4.78 is 17.2. The molecule has 0 N–H and O–H groups in total. The molecule has 9 nitrogen and oxygen atoms in total. The number of amides is 2. The van der Waals surface area contributed by atoms with Crippen molar-refractivity contribution in [1.29, 1.82) is 0 Å². The Bertz CT molecular complexity index is 1630. The third-order valence-corrected chi connectivity index (χ3v) is 7.10. The topological polar surface area (TPSA) is 108 Å². The molecule has 0 spiro atoms. The molecule has 4 aromatic carbocycles. The Labute approximate surface area is 234 Å². The summed E-state index contributed by atoms with van der Waals surface area (Å²) in [7, 11) is 1.49. The van der Waals surface area contributed by atoms with Crippen molar-refractivity contribution in [2.24, 2.45) is 0 Å². The van der Waals surface area contributed by atoms with Gasteiger partial charge in [-0.3, -0.25) is 24.6 Å². The van der Waals surface area contributed by atoms with Gasteiger partial charge < -0.3 is 14.2 Å². The van der Waals surface area contributed by atoms with E-state index < -0.39 is 4.92 Å². The predicted molar refractivity (Wildman–Crippen MR) is 153 cm³/mol. The monoisotopic (exact) mass is 556 g/mol. The number of hydrogen-bond donors (Lipinski definition) is 0. The van der Waals surface area contributed by atoms with Gasteiger partial charge in [-0.2, -0.15) is 0 Å². The van der Waals surface area contributed by atoms with Crippen LogP contribution in [0.25, 0.3) is 16.8 Å². The first-order chi connectivity index (χ1) is 19.4. The average Bonchev–Trinajstić information content (AvgIpc) is 3.23. The number of nitro groups is 1. The minimum atomic E-state index is -0.460. The number of non-ortho nitro benzene ring substituents is 1. The number of benzene rings is 4. The summed E-state index contributed by atoms with van der Waals surface area (Å²) in [6.07, 6.45) is 1.63. The first-order valence-electron chi connectivity index (χ1n) is 12.3. The number of thioether (sulfide) groups is 1. The van der Waals surface area contributed by atoms with E-state index in [1.54, 1.807) is 36.4 Å². The molecule has 0 unspecified atom stereocenters. The van der Waals surface area contributed by atoms with Crippen LogP contribution in [-0.4, -0.2) is 41.2 Å². The Hall–Kier alpha value is -4.83. The van der Waals surface area contributed by atoms with E-state index in [1.807, 2.05) is 42.5 Å². The average molecular weight is 557 g/mol. The van der Waals surface area contributed by atoms with Crippen LogP contribution in [0.15, 0.2) is 89.8 Å². The van der Waals surface area contributed by atoms with E-state index in [0.29, 0.717) is 33.3 Å². The summed E-state index contributed by atoms with van der Waals surface area (Å²) >= 11 is 0.870. The summed E-state index contributed by atoms with van der Waals surface area (Å²) in [4.78, 5) is 37.6. The highest BCUT2D eigenvalue weighted by Gasteiger charge is 2.34. The van der Waals surface area contributed by atoms with Crippen molar-refractivity contribution < 1.29 is 28.7 Å². The fraction of sp³-hybridized carbons (Fsp3) is 0.133. The van der Waals surface area contributed by atoms with E-state index in [4.69, 9.17) is 14.2 Å². The number of carbonyl (C=O) groups excluding carboxylic acids is 2. The van der Waals surface area contributed by atoms with Crippen molar-refractivity contribution in [3.05, 3.63) is 111 Å². The molecule has 4 aromatic rings. The van der Waals surface area contributed by atoms with Crippen LogP contribution in [0.5, 0.6) is 17.2 Å². The molecule has 10 heteroatoms. The second-order valence-electron chi connectivity index (χ2n) is 8.79. The van der Waals surface area contributed by atoms with Gasteiger partial charge in [-0.1, -0.05) is 54.6 Å². The molecule has 0 atom stereocenters. The molecule has 1 saturated heterocycles. The number of nitro benzene ring substituents is 1. The van der Waals surface area contributed by atoms with Gasteiger partial charge in [0, 0.05) is 17.5 Å². The van der Waals surface area contributed by atoms with Gasteiger partial charge in [-0.05, 0) is 52.6 Å². The quantitative estimate of drug-likeness (QED) is 0.125. The van der Waals surface area contributed by atoms with E-state index in [1.165, 1.54) is 24.1 Å². The minimum absolute atomic E-state index is 0.0162. The van der Waals surface area contributed by atoms with Crippen LogP contribution < -0.4 is 14.2 Å². The second kappa shape index (κ2) is 11.9. The van der Waals surface area contributed by atoms with E-state index >= 15 is 0 Å². The Morgan fingerprint density at radius 2 is 1.70 bits per heavy atom. The lowest BCUT2D eigenvalue weighted by atomic mass is 10.1. The lowest BCUT2D eigenvalue weighted by Crippen LogP contribution is -2.32. The van der Waals surface area contributed by atoms with Gasteiger partial charge in [-0.25, -0.2) is 0 Å². The zero-order valence-corrected chi connectivity index (χ0v) is 22.3. The summed E-state index contributed by atoms with van der Waals surface area (Å²) in [5.41, 5.74) is 1.27. The number of rotatable bonds is 10. The van der Waals surface area contributed by atoms with Crippen LogP contribution in [0.3, 0.4) is 0 Å². The van der Waals surface area contributed by atoms with Gasteiger partial charge in [0.15, 0.2) is 11.5 Å². The van der Waals surface area contributed by atoms with Crippen LogP contribution in [0.4, 0.5) is 10.5 Å². The number of methoxy groups -OCH3 is 1. The maximum atomic E-state index is 13.0. The van der Waals surface area contributed by atoms with E-state index in [0.717, 1.165) is 22.5 Å². The molecular formula is C30H24N2O7S. The van der Waals surface area contributed by atoms with Crippen molar-refractivity contribution in [1.82, 2.24) is 4.90 Å². The fourth-order valence-electron chi connectivity index (χ4n) is 4.23. The molecule has 0 aliphatic carbocycles. The standard InChI is InChI=1S/C30H24N2O7S/c1-37-27-17-20(12-13-26(27)39-19-21-6-4-9-23(16-21)32(35)36)18-28-29(33)31(30(34)40-28)14-15-38-25-11-5-8-22-7-2-3-10-24(22)25/h2-13,16-18H,14-15,19H2,1H3/b28-18-. The summed E-state index contributed by atoms with van der Waals surface area (Å²) in [5.74, 6) is 1.16. The third kappa shape index (κ3) is 5.92. The van der Waals surface area contributed by atoms with Gasteiger partial charge in [-0.15, -0.1) is 0 Å². The maximum Gasteiger partial charge on any atom is 0.293 e. The molecule has 5 rings (SSSR count). The van der Waals surface area contributed by atoms with Gasteiger partial charge in [0.1, 0.15) is 19.0 Å².